The number of pyridine rings is 1. The average molecular weight is 449 g/mol. The van der Waals surface area contributed by atoms with Gasteiger partial charge in [-0.25, -0.2) is 14.5 Å². The number of rotatable bonds is 9. The van der Waals surface area contributed by atoms with Crippen molar-refractivity contribution in [1.82, 2.24) is 25.3 Å². The molecule has 11 heteroatoms. The van der Waals surface area contributed by atoms with Crippen molar-refractivity contribution in [3.8, 4) is 0 Å². The van der Waals surface area contributed by atoms with Crippen LogP contribution in [-0.4, -0.2) is 49.5 Å². The molecule has 0 unspecified atom stereocenters. The van der Waals surface area contributed by atoms with E-state index >= 15 is 0 Å². The van der Waals surface area contributed by atoms with Crippen LogP contribution in [0.25, 0.3) is 0 Å². The number of anilines is 1. The summed E-state index contributed by atoms with van der Waals surface area (Å²) < 4.78 is 1.36. The highest BCUT2D eigenvalue weighted by atomic mass is 35.5. The largest absolute Gasteiger partial charge is 0.480 e. The van der Waals surface area contributed by atoms with Crippen molar-refractivity contribution in [2.24, 2.45) is 0 Å². The van der Waals surface area contributed by atoms with Crippen LogP contribution in [0.2, 0.25) is 10.0 Å². The molecule has 0 radical (unpaired) electrons. The summed E-state index contributed by atoms with van der Waals surface area (Å²) in [6.07, 6.45) is 3.88. The van der Waals surface area contributed by atoms with Gasteiger partial charge in [0.25, 0.3) is 5.91 Å². The SMILES string of the molecule is O=C(N[C@@H](Cn1cc(CCNc2ccccn2)nn1)C(=O)O)c1c(Cl)cccc1Cl. The Bertz CT molecular complexity index is 1010. The van der Waals surface area contributed by atoms with Crippen molar-refractivity contribution in [2.45, 2.75) is 19.0 Å². The van der Waals surface area contributed by atoms with Crippen molar-refractivity contribution in [3.05, 3.63) is 70.1 Å². The molecule has 1 amide bonds. The fourth-order valence-corrected chi connectivity index (χ4v) is 3.22. The molecule has 0 aliphatic heterocycles. The van der Waals surface area contributed by atoms with Gasteiger partial charge in [0.2, 0.25) is 0 Å². The molecular formula is C19H18Cl2N6O3. The molecule has 9 nitrogen and oxygen atoms in total. The molecule has 30 heavy (non-hydrogen) atoms. The first kappa shape index (κ1) is 21.5. The van der Waals surface area contributed by atoms with Crippen LogP contribution < -0.4 is 10.6 Å². The summed E-state index contributed by atoms with van der Waals surface area (Å²) >= 11 is 12.0. The Kier molecular flexibility index (Phi) is 7.21. The van der Waals surface area contributed by atoms with E-state index in [9.17, 15) is 14.7 Å². The molecule has 3 aromatic rings. The topological polar surface area (TPSA) is 122 Å². The first-order valence-electron chi connectivity index (χ1n) is 8.95. The Morgan fingerprint density at radius 3 is 2.57 bits per heavy atom. The molecule has 0 aliphatic carbocycles. The van der Waals surface area contributed by atoms with Gasteiger partial charge in [-0.15, -0.1) is 5.10 Å². The second-order valence-corrected chi connectivity index (χ2v) is 7.10. The Morgan fingerprint density at radius 2 is 1.90 bits per heavy atom. The van der Waals surface area contributed by atoms with E-state index in [4.69, 9.17) is 23.2 Å². The van der Waals surface area contributed by atoms with Crippen molar-refractivity contribution in [3.63, 3.8) is 0 Å². The summed E-state index contributed by atoms with van der Waals surface area (Å²) in [6, 6.07) is 8.90. The zero-order chi connectivity index (χ0) is 21.5. The van der Waals surface area contributed by atoms with Gasteiger partial charge in [-0.3, -0.25) is 4.79 Å². The lowest BCUT2D eigenvalue weighted by Crippen LogP contribution is -2.44. The number of carboxylic acids is 1. The number of carbonyl (C=O) groups excluding carboxylic acids is 1. The number of carboxylic acid groups (broad SMARTS) is 1. The second-order valence-electron chi connectivity index (χ2n) is 6.28. The van der Waals surface area contributed by atoms with E-state index in [0.29, 0.717) is 18.7 Å². The van der Waals surface area contributed by atoms with Gasteiger partial charge in [-0.05, 0) is 24.3 Å². The summed E-state index contributed by atoms with van der Waals surface area (Å²) in [5, 5.41) is 23.3. The molecular weight excluding hydrogens is 431 g/mol. The molecule has 3 rings (SSSR count). The maximum atomic E-state index is 12.5. The van der Waals surface area contributed by atoms with Crippen LogP contribution in [0.3, 0.4) is 0 Å². The van der Waals surface area contributed by atoms with E-state index in [1.54, 1.807) is 18.5 Å². The number of aromatic nitrogens is 4. The van der Waals surface area contributed by atoms with Gasteiger partial charge >= 0.3 is 5.97 Å². The Labute approximate surface area is 182 Å². The highest BCUT2D eigenvalue weighted by molar-refractivity contribution is 6.39. The van der Waals surface area contributed by atoms with Crippen LogP contribution in [0.15, 0.2) is 48.8 Å². The molecule has 0 fully saturated rings. The van der Waals surface area contributed by atoms with Crippen molar-refractivity contribution < 1.29 is 14.7 Å². The van der Waals surface area contributed by atoms with E-state index in [1.165, 1.54) is 16.8 Å². The van der Waals surface area contributed by atoms with Gasteiger partial charge < -0.3 is 15.7 Å². The van der Waals surface area contributed by atoms with E-state index in [2.05, 4.69) is 25.9 Å². The van der Waals surface area contributed by atoms with Crippen LogP contribution in [-0.2, 0) is 17.8 Å². The number of carbonyl (C=O) groups is 2. The third kappa shape index (κ3) is 5.68. The van der Waals surface area contributed by atoms with Gasteiger partial charge in [0.05, 0.1) is 27.8 Å². The predicted molar refractivity (Wildman–Crippen MR) is 112 cm³/mol. The van der Waals surface area contributed by atoms with Gasteiger partial charge in [-0.1, -0.05) is 40.5 Å². The van der Waals surface area contributed by atoms with Crippen LogP contribution >= 0.6 is 23.2 Å². The molecule has 0 saturated carbocycles. The highest BCUT2D eigenvalue weighted by Gasteiger charge is 2.24. The van der Waals surface area contributed by atoms with E-state index in [1.807, 2.05) is 18.2 Å². The number of amides is 1. The first-order chi connectivity index (χ1) is 14.4. The summed E-state index contributed by atoms with van der Waals surface area (Å²) in [6.45, 7) is 0.476. The van der Waals surface area contributed by atoms with Crippen molar-refractivity contribution in [1.29, 1.82) is 0 Å². The lowest BCUT2D eigenvalue weighted by atomic mass is 10.2. The van der Waals surface area contributed by atoms with Crippen molar-refractivity contribution >= 4 is 40.9 Å². The maximum Gasteiger partial charge on any atom is 0.328 e. The minimum absolute atomic E-state index is 0.0203. The van der Waals surface area contributed by atoms with Gasteiger partial charge in [0, 0.05) is 25.4 Å². The monoisotopic (exact) mass is 448 g/mol. The van der Waals surface area contributed by atoms with Gasteiger partial charge in [0.1, 0.15) is 11.9 Å². The third-order valence-electron chi connectivity index (χ3n) is 4.10. The molecule has 156 valence electrons. The summed E-state index contributed by atoms with van der Waals surface area (Å²) in [5.41, 5.74) is 0.690. The van der Waals surface area contributed by atoms with E-state index in [-0.39, 0.29) is 22.2 Å². The zero-order valence-electron chi connectivity index (χ0n) is 15.6. The fraction of sp³-hybridized carbons (Fsp3) is 0.211. The molecule has 0 aliphatic rings. The molecule has 1 atom stereocenters. The molecule has 3 N–H and O–H groups in total. The molecule has 0 saturated heterocycles. The fourth-order valence-electron chi connectivity index (χ4n) is 2.65. The number of halogens is 2. The smallest absolute Gasteiger partial charge is 0.328 e. The van der Waals surface area contributed by atoms with E-state index in [0.717, 1.165) is 5.82 Å². The highest BCUT2D eigenvalue weighted by Crippen LogP contribution is 2.24. The van der Waals surface area contributed by atoms with Crippen molar-refractivity contribution in [2.75, 3.05) is 11.9 Å². The summed E-state index contributed by atoms with van der Waals surface area (Å²) in [4.78, 5) is 28.2. The number of nitrogens with zero attached hydrogens (tertiary/aromatic N) is 4. The Morgan fingerprint density at radius 1 is 1.13 bits per heavy atom. The normalized spacial score (nSPS) is 11.7. The Hall–Kier alpha value is -3.17. The van der Waals surface area contributed by atoms with Crippen LogP contribution in [0.1, 0.15) is 16.1 Å². The predicted octanol–water partition coefficient (Wildman–Crippen LogP) is 2.52. The lowest BCUT2D eigenvalue weighted by Gasteiger charge is -2.15. The maximum absolute atomic E-state index is 12.5. The lowest BCUT2D eigenvalue weighted by molar-refractivity contribution is -0.139. The molecule has 2 heterocycles. The third-order valence-corrected chi connectivity index (χ3v) is 4.73. The second kappa shape index (κ2) is 10.0. The number of hydrogen-bond donors (Lipinski definition) is 3. The molecule has 1 aromatic carbocycles. The zero-order valence-corrected chi connectivity index (χ0v) is 17.1. The van der Waals surface area contributed by atoms with Gasteiger partial charge in [0.15, 0.2) is 0 Å². The Balaban J connectivity index is 1.59. The summed E-state index contributed by atoms with van der Waals surface area (Å²) in [5.74, 6) is -1.16. The van der Waals surface area contributed by atoms with E-state index < -0.39 is 17.9 Å². The molecule has 0 spiro atoms. The minimum Gasteiger partial charge on any atom is -0.480 e. The number of hydrogen-bond acceptors (Lipinski definition) is 6. The van der Waals surface area contributed by atoms with Gasteiger partial charge in [-0.2, -0.15) is 0 Å². The van der Waals surface area contributed by atoms with Crippen LogP contribution in [0.4, 0.5) is 5.82 Å². The van der Waals surface area contributed by atoms with Crippen LogP contribution in [0, 0.1) is 0 Å². The molecule has 2 aromatic heterocycles. The summed E-state index contributed by atoms with van der Waals surface area (Å²) in [7, 11) is 0. The molecule has 0 bridgehead atoms. The quantitative estimate of drug-likeness (QED) is 0.459. The number of nitrogens with one attached hydrogen (secondary N) is 2. The number of aliphatic carboxylic acids is 1. The standard InChI is InChI=1S/C19H18Cl2N6O3/c20-13-4-3-5-14(21)17(13)18(28)24-15(19(29)30)11-27-10-12(25-26-27)7-9-23-16-6-1-2-8-22-16/h1-6,8,10,15H,7,9,11H2,(H,22,23)(H,24,28)(H,29,30)/t15-/m0/s1. The minimum atomic E-state index is -1.24. The van der Waals surface area contributed by atoms with Crippen LogP contribution in [0.5, 0.6) is 0 Å². The first-order valence-corrected chi connectivity index (χ1v) is 9.71. The average Bonchev–Trinajstić information content (AvgIpc) is 3.15. The number of benzene rings is 1.